The first-order valence-electron chi connectivity index (χ1n) is 0.921. The third-order valence-electron chi connectivity index (χ3n) is 0.0913. The van der Waals surface area contributed by atoms with Crippen LogP contribution in [0.3, 0.4) is 0 Å². The van der Waals surface area contributed by atoms with Gasteiger partial charge in [-0.1, -0.05) is 6.58 Å². The van der Waals surface area contributed by atoms with Gasteiger partial charge >= 0.3 is 0 Å². The molecule has 0 amide bonds. The summed E-state index contributed by atoms with van der Waals surface area (Å²) < 4.78 is 0. The van der Waals surface area contributed by atoms with Gasteiger partial charge in [0.2, 0.25) is 0 Å². The normalized spacial score (nSPS) is 3.00. The topological polar surface area (TPSA) is 23.8 Å². The van der Waals surface area contributed by atoms with Crippen molar-refractivity contribution in [2.24, 2.45) is 0 Å². The van der Waals surface area contributed by atoms with E-state index in [0.717, 1.165) is 0 Å². The number of halogens is 1. The fourth-order valence-electron chi connectivity index (χ4n) is 0. The quantitative estimate of drug-likeness (QED) is 0.390. The molecular weight excluding hydrogens is 69.0 g/mol. The average molecular weight is 73.1 g/mol. The van der Waals surface area contributed by atoms with Crippen molar-refractivity contribution in [2.45, 2.75) is 0 Å². The summed E-state index contributed by atoms with van der Waals surface area (Å²) in [5.41, 5.74) is 0. The lowest BCUT2D eigenvalue weighted by Crippen LogP contribution is -1.23. The van der Waals surface area contributed by atoms with Crippen molar-refractivity contribution >= 4 is 0 Å². The van der Waals surface area contributed by atoms with E-state index in [1.165, 1.54) is 6.08 Å². The van der Waals surface area contributed by atoms with Crippen LogP contribution in [0.5, 0.6) is 0 Å². The lowest BCUT2D eigenvalue weighted by molar-refractivity contribution is 1.11. The fourth-order valence-corrected chi connectivity index (χ4v) is 0. The molecular formula is C3H4FN. The molecule has 5 heavy (non-hydrogen) atoms. The van der Waals surface area contributed by atoms with E-state index in [1.807, 2.05) is 0 Å². The minimum absolute atomic E-state index is 0. The summed E-state index contributed by atoms with van der Waals surface area (Å²) in [5, 5.41) is 7.51. The van der Waals surface area contributed by atoms with E-state index in [1.54, 1.807) is 6.07 Å². The molecule has 2 heteroatoms. The summed E-state index contributed by atoms with van der Waals surface area (Å²) in [4.78, 5) is 0. The Hall–Kier alpha value is -0.840. The maximum absolute atomic E-state index is 7.51. The standard InChI is InChI=1S/C3H3N.FH/c1-2-3-4;/h2H,1H2;1H. The predicted molar refractivity (Wildman–Crippen MR) is 18.3 cm³/mol. The highest BCUT2D eigenvalue weighted by atomic mass is 19.0. The van der Waals surface area contributed by atoms with Crippen LogP contribution in [-0.4, -0.2) is 0 Å². The van der Waals surface area contributed by atoms with Crippen molar-refractivity contribution in [3.05, 3.63) is 12.7 Å². The van der Waals surface area contributed by atoms with Crippen LogP contribution in [0.1, 0.15) is 0 Å². The Bertz CT molecular complexity index is 52.4. The molecule has 0 aliphatic heterocycles. The van der Waals surface area contributed by atoms with E-state index < -0.39 is 0 Å². The lowest BCUT2D eigenvalue weighted by Gasteiger charge is -1.31. The largest absolute Gasteiger partial charge is 0.269 e. The number of nitrogens with zero attached hydrogens (tertiary/aromatic N) is 1. The minimum atomic E-state index is 0. The average Bonchev–Trinajstić information content (AvgIpc) is 1.37. The Morgan fingerprint density at radius 2 is 2.00 bits per heavy atom. The summed E-state index contributed by atoms with van der Waals surface area (Å²) in [6.45, 7) is 3.12. The molecule has 0 saturated carbocycles. The van der Waals surface area contributed by atoms with Crippen LogP contribution in [0.4, 0.5) is 4.70 Å². The first kappa shape index (κ1) is 8.90. The van der Waals surface area contributed by atoms with Crippen molar-refractivity contribution in [1.82, 2.24) is 0 Å². The molecule has 1 nitrogen and oxygen atoms in total. The molecule has 0 atom stereocenters. The molecule has 0 fully saturated rings. The van der Waals surface area contributed by atoms with Gasteiger partial charge < -0.3 is 0 Å². The molecule has 0 aromatic rings. The molecule has 0 spiro atoms. The SMILES string of the molecule is C=CC#N.F. The van der Waals surface area contributed by atoms with Gasteiger partial charge in [-0.25, -0.2) is 0 Å². The number of allylic oxidation sites excluding steroid dienone is 1. The third kappa shape index (κ3) is 166. The second-order valence-electron chi connectivity index (χ2n) is 0.333. The second-order valence-corrected chi connectivity index (χ2v) is 0.333. The van der Waals surface area contributed by atoms with Crippen molar-refractivity contribution in [2.75, 3.05) is 0 Å². The van der Waals surface area contributed by atoms with Crippen molar-refractivity contribution in [3.63, 3.8) is 0 Å². The Morgan fingerprint density at radius 1 is 1.80 bits per heavy atom. The summed E-state index contributed by atoms with van der Waals surface area (Å²) in [6, 6.07) is 1.69. The molecule has 0 aromatic carbocycles. The smallest absolute Gasteiger partial charge is 0.0905 e. The Morgan fingerprint density at radius 3 is 2.00 bits per heavy atom. The maximum Gasteiger partial charge on any atom is 0.0905 e. The van der Waals surface area contributed by atoms with Crippen LogP contribution < -0.4 is 0 Å². The molecule has 0 bridgehead atoms. The van der Waals surface area contributed by atoms with Gasteiger partial charge in [0, 0.05) is 6.08 Å². The van der Waals surface area contributed by atoms with Crippen LogP contribution in [0.25, 0.3) is 0 Å². The summed E-state index contributed by atoms with van der Waals surface area (Å²) >= 11 is 0. The number of hydrogen-bond donors (Lipinski definition) is 0. The van der Waals surface area contributed by atoms with E-state index in [4.69, 9.17) is 5.26 Å². The van der Waals surface area contributed by atoms with Crippen LogP contribution in [0, 0.1) is 11.3 Å². The molecule has 28 valence electrons. The van der Waals surface area contributed by atoms with Gasteiger partial charge in [-0.3, -0.25) is 4.70 Å². The fraction of sp³-hybridized carbons (Fsp3) is 0. The third-order valence-corrected chi connectivity index (χ3v) is 0.0913. The monoisotopic (exact) mass is 73.0 g/mol. The second kappa shape index (κ2) is 11.0. The summed E-state index contributed by atoms with van der Waals surface area (Å²) in [5.74, 6) is 0. The van der Waals surface area contributed by atoms with Gasteiger partial charge in [0.25, 0.3) is 0 Å². The summed E-state index contributed by atoms with van der Waals surface area (Å²) in [7, 11) is 0. The number of nitriles is 1. The molecule has 0 radical (unpaired) electrons. The van der Waals surface area contributed by atoms with Crippen LogP contribution in [-0.2, 0) is 0 Å². The molecule has 0 aliphatic rings. The van der Waals surface area contributed by atoms with Crippen molar-refractivity contribution in [1.29, 1.82) is 5.26 Å². The van der Waals surface area contributed by atoms with Crippen molar-refractivity contribution in [3.8, 4) is 6.07 Å². The molecule has 0 unspecified atom stereocenters. The molecule has 0 rings (SSSR count). The minimum Gasteiger partial charge on any atom is -0.269 e. The van der Waals surface area contributed by atoms with Gasteiger partial charge in [0.1, 0.15) is 0 Å². The van der Waals surface area contributed by atoms with Crippen LogP contribution >= 0.6 is 0 Å². The number of hydrogen-bond acceptors (Lipinski definition) is 1. The molecule has 0 N–H and O–H groups in total. The first-order valence-corrected chi connectivity index (χ1v) is 0.921. The highest BCUT2D eigenvalue weighted by Gasteiger charge is 1.34. The predicted octanol–water partition coefficient (Wildman–Crippen LogP) is 0.848. The van der Waals surface area contributed by atoms with Crippen LogP contribution in [0.15, 0.2) is 12.7 Å². The van der Waals surface area contributed by atoms with Gasteiger partial charge in [-0.2, -0.15) is 5.26 Å². The Balaban J connectivity index is 0. The van der Waals surface area contributed by atoms with E-state index in [0.29, 0.717) is 0 Å². The highest BCUT2D eigenvalue weighted by molar-refractivity contribution is 4.93. The van der Waals surface area contributed by atoms with Gasteiger partial charge in [0.05, 0.1) is 6.07 Å². The molecule has 0 aromatic heterocycles. The van der Waals surface area contributed by atoms with E-state index >= 15 is 0 Å². The highest BCUT2D eigenvalue weighted by Crippen LogP contribution is 1.41. The molecule has 0 heterocycles. The lowest BCUT2D eigenvalue weighted by atomic mass is 10.8. The van der Waals surface area contributed by atoms with Gasteiger partial charge in [0.15, 0.2) is 0 Å². The van der Waals surface area contributed by atoms with Crippen LogP contribution in [0.2, 0.25) is 0 Å². The maximum atomic E-state index is 7.51. The van der Waals surface area contributed by atoms with E-state index in [9.17, 15) is 0 Å². The Kier molecular flexibility index (Phi) is 19.5. The summed E-state index contributed by atoms with van der Waals surface area (Å²) in [6.07, 6.45) is 1.18. The first-order chi connectivity index (χ1) is 1.91. The Labute approximate surface area is 29.9 Å². The zero-order chi connectivity index (χ0) is 3.41. The zero-order valence-electron chi connectivity index (χ0n) is 2.64. The van der Waals surface area contributed by atoms with Gasteiger partial charge in [-0.05, 0) is 0 Å². The molecule has 0 aliphatic carbocycles. The van der Waals surface area contributed by atoms with Crippen molar-refractivity contribution < 1.29 is 4.70 Å². The number of rotatable bonds is 0. The zero-order valence-corrected chi connectivity index (χ0v) is 2.64. The van der Waals surface area contributed by atoms with E-state index in [-0.39, 0.29) is 4.70 Å². The molecule has 0 saturated heterocycles. The van der Waals surface area contributed by atoms with E-state index in [2.05, 4.69) is 6.58 Å². The van der Waals surface area contributed by atoms with Gasteiger partial charge in [-0.15, -0.1) is 0 Å².